The van der Waals surface area contributed by atoms with Gasteiger partial charge >= 0.3 is 6.09 Å². The smallest absolute Gasteiger partial charge is 0.411 e. The van der Waals surface area contributed by atoms with Crippen LogP contribution in [0.15, 0.2) is 29.6 Å². The molecule has 3 atom stereocenters. The number of carbonyl (C=O) groups excluding carboxylic acids is 1. The maximum atomic E-state index is 12.4. The Kier molecular flexibility index (Phi) is 6.71. The lowest BCUT2D eigenvalue weighted by molar-refractivity contribution is -0.0764. The molecule has 3 heterocycles. The Hall–Kier alpha value is -2.20. The summed E-state index contributed by atoms with van der Waals surface area (Å²) in [6.07, 6.45) is 12.8. The van der Waals surface area contributed by atoms with Gasteiger partial charge < -0.3 is 14.2 Å². The highest BCUT2D eigenvalue weighted by atomic mass is 32.2. The maximum Gasteiger partial charge on any atom is 0.411 e. The molecule has 0 radical (unpaired) electrons. The molecule has 1 aliphatic carbocycles. The van der Waals surface area contributed by atoms with Gasteiger partial charge in [-0.1, -0.05) is 12.2 Å². The summed E-state index contributed by atoms with van der Waals surface area (Å²) >= 11 is 0. The molecule has 1 unspecified atom stereocenters. The first-order valence-electron chi connectivity index (χ1n) is 11.2. The molecule has 0 N–H and O–H groups in total. The van der Waals surface area contributed by atoms with Crippen LogP contribution in [0.1, 0.15) is 52.4 Å². The van der Waals surface area contributed by atoms with Crippen molar-refractivity contribution in [3.8, 4) is 5.88 Å². The summed E-state index contributed by atoms with van der Waals surface area (Å²) in [5, 5.41) is -0.0612. The number of hydrogen-bond donors (Lipinski definition) is 0. The fraction of sp³-hybridized carbons (Fsp3) is 0.682. The van der Waals surface area contributed by atoms with Gasteiger partial charge in [0, 0.05) is 6.26 Å². The zero-order valence-electron chi connectivity index (χ0n) is 18.7. The predicted octanol–water partition coefficient (Wildman–Crippen LogP) is 2.90. The van der Waals surface area contributed by atoms with E-state index < -0.39 is 9.84 Å². The minimum Gasteiger partial charge on any atom is -0.473 e. The van der Waals surface area contributed by atoms with Crippen molar-refractivity contribution in [3.05, 3.63) is 24.5 Å². The van der Waals surface area contributed by atoms with Crippen molar-refractivity contribution in [2.75, 3.05) is 6.26 Å². The molecule has 1 saturated carbocycles. The SMILES string of the molecule is CC(C)OC(=O)N1[C@@H]2C=C[C@H]1CC(OC1CCC(Oc3cnc(S(C)(=O)=O)cn3)CC1)C2. The van der Waals surface area contributed by atoms with Crippen LogP contribution in [0.5, 0.6) is 5.88 Å². The maximum absolute atomic E-state index is 12.4. The number of rotatable bonds is 6. The number of piperidine rings is 1. The highest BCUT2D eigenvalue weighted by Crippen LogP contribution is 2.35. The van der Waals surface area contributed by atoms with Gasteiger partial charge in [-0.3, -0.25) is 4.90 Å². The van der Waals surface area contributed by atoms with Crippen molar-refractivity contribution in [1.29, 1.82) is 0 Å². The third kappa shape index (κ3) is 5.40. The van der Waals surface area contributed by atoms with E-state index in [0.717, 1.165) is 44.8 Å². The van der Waals surface area contributed by atoms with Crippen molar-refractivity contribution in [2.24, 2.45) is 0 Å². The summed E-state index contributed by atoms with van der Waals surface area (Å²) in [7, 11) is -3.37. The van der Waals surface area contributed by atoms with Crippen molar-refractivity contribution in [1.82, 2.24) is 14.9 Å². The topological polar surface area (TPSA) is 108 Å². The lowest BCUT2D eigenvalue weighted by Gasteiger charge is -2.40. The van der Waals surface area contributed by atoms with E-state index in [1.807, 2.05) is 18.7 Å². The van der Waals surface area contributed by atoms with Gasteiger partial charge in [0.05, 0.1) is 42.8 Å². The van der Waals surface area contributed by atoms with E-state index in [1.165, 1.54) is 12.4 Å². The van der Waals surface area contributed by atoms with Gasteiger partial charge in [-0.25, -0.2) is 23.2 Å². The van der Waals surface area contributed by atoms with Crippen LogP contribution in [0.25, 0.3) is 0 Å². The minimum absolute atomic E-state index is 0.0127. The Morgan fingerprint density at radius 2 is 1.62 bits per heavy atom. The summed E-state index contributed by atoms with van der Waals surface area (Å²) < 4.78 is 40.7. The summed E-state index contributed by atoms with van der Waals surface area (Å²) in [5.41, 5.74) is 0. The molecule has 2 bridgehead atoms. The molecule has 4 rings (SSSR count). The number of hydrogen-bond acceptors (Lipinski definition) is 8. The summed E-state index contributed by atoms with van der Waals surface area (Å²) in [6, 6.07) is 0.0799. The second kappa shape index (κ2) is 9.35. The van der Waals surface area contributed by atoms with Crippen LogP contribution in [0.4, 0.5) is 4.79 Å². The monoisotopic (exact) mass is 465 g/mol. The molecular formula is C22H31N3O6S. The summed E-state index contributed by atoms with van der Waals surface area (Å²) in [5.74, 6) is 0.338. The number of fused-ring (bicyclic) bond motifs is 2. The van der Waals surface area contributed by atoms with Crippen LogP contribution in [0.2, 0.25) is 0 Å². The van der Waals surface area contributed by atoms with Crippen LogP contribution >= 0.6 is 0 Å². The van der Waals surface area contributed by atoms with E-state index in [1.54, 1.807) is 0 Å². The molecule has 1 aromatic heterocycles. The van der Waals surface area contributed by atoms with E-state index >= 15 is 0 Å². The summed E-state index contributed by atoms with van der Waals surface area (Å²) in [6.45, 7) is 3.72. The molecule has 0 aromatic carbocycles. The highest BCUT2D eigenvalue weighted by molar-refractivity contribution is 7.90. The number of ether oxygens (including phenoxy) is 3. The van der Waals surface area contributed by atoms with Crippen LogP contribution in [0, 0.1) is 0 Å². The fourth-order valence-corrected chi connectivity index (χ4v) is 5.13. The van der Waals surface area contributed by atoms with Crippen molar-refractivity contribution in [2.45, 2.75) is 93.9 Å². The molecule has 3 aliphatic rings. The third-order valence-corrected chi connectivity index (χ3v) is 7.07. The minimum atomic E-state index is -3.37. The molecule has 32 heavy (non-hydrogen) atoms. The molecule has 1 saturated heterocycles. The average molecular weight is 466 g/mol. The van der Waals surface area contributed by atoms with Gasteiger partial charge in [0.15, 0.2) is 14.9 Å². The summed E-state index contributed by atoms with van der Waals surface area (Å²) in [4.78, 5) is 22.2. The number of carbonyl (C=O) groups is 1. The van der Waals surface area contributed by atoms with Gasteiger partial charge in [-0.2, -0.15) is 0 Å². The third-order valence-electron chi connectivity index (χ3n) is 6.10. The van der Waals surface area contributed by atoms with E-state index in [0.29, 0.717) is 5.88 Å². The molecule has 176 valence electrons. The van der Waals surface area contributed by atoms with Gasteiger partial charge in [0.2, 0.25) is 5.88 Å². The van der Waals surface area contributed by atoms with Crippen LogP contribution in [-0.2, 0) is 19.3 Å². The normalized spacial score (nSPS) is 29.9. The molecule has 2 aliphatic heterocycles. The van der Waals surface area contributed by atoms with Crippen LogP contribution in [-0.4, -0.2) is 72.1 Å². The molecule has 1 aromatic rings. The molecule has 2 fully saturated rings. The first kappa shape index (κ1) is 23.0. The average Bonchev–Trinajstić information content (AvgIpc) is 3.00. The molecular weight excluding hydrogens is 434 g/mol. The fourth-order valence-electron chi connectivity index (χ4n) is 4.64. The zero-order valence-corrected chi connectivity index (χ0v) is 19.5. The van der Waals surface area contributed by atoms with Crippen molar-refractivity contribution in [3.63, 3.8) is 0 Å². The lowest BCUT2D eigenvalue weighted by Crippen LogP contribution is -2.50. The zero-order chi connectivity index (χ0) is 22.9. The van der Waals surface area contributed by atoms with Gasteiger partial charge in [-0.15, -0.1) is 0 Å². The lowest BCUT2D eigenvalue weighted by atomic mass is 9.93. The Morgan fingerprint density at radius 1 is 1.00 bits per heavy atom. The Labute approximate surface area is 189 Å². The molecule has 1 amide bonds. The predicted molar refractivity (Wildman–Crippen MR) is 116 cm³/mol. The standard InChI is InChI=1S/C22H31N3O6S/c1-14(2)29-22(26)25-15-4-5-16(25)11-19(10-15)30-17-6-8-18(9-7-17)31-20-12-24-21(13-23-20)32(3,27)28/h4-5,12-19H,6-11H2,1-3H3/t15-,16+,17?,18?,19?. The van der Waals surface area contributed by atoms with Gasteiger partial charge in [0.25, 0.3) is 0 Å². The Morgan fingerprint density at radius 3 is 2.16 bits per heavy atom. The number of nitrogens with zero attached hydrogens (tertiary/aromatic N) is 3. The second-order valence-corrected chi connectivity index (χ2v) is 11.0. The largest absolute Gasteiger partial charge is 0.473 e. The van der Waals surface area contributed by atoms with E-state index in [4.69, 9.17) is 14.2 Å². The first-order valence-corrected chi connectivity index (χ1v) is 13.1. The number of aromatic nitrogens is 2. The Bertz CT molecular complexity index is 925. The van der Waals surface area contributed by atoms with Crippen molar-refractivity contribution < 1.29 is 27.4 Å². The quantitative estimate of drug-likeness (QED) is 0.590. The number of sulfone groups is 1. The highest BCUT2D eigenvalue weighted by Gasteiger charge is 2.42. The van der Waals surface area contributed by atoms with E-state index in [9.17, 15) is 13.2 Å². The molecule has 9 nitrogen and oxygen atoms in total. The van der Waals surface area contributed by atoms with Gasteiger partial charge in [0.1, 0.15) is 6.10 Å². The van der Waals surface area contributed by atoms with Crippen LogP contribution in [0.3, 0.4) is 0 Å². The second-order valence-electron chi connectivity index (χ2n) is 9.07. The van der Waals surface area contributed by atoms with E-state index in [2.05, 4.69) is 22.1 Å². The first-order chi connectivity index (χ1) is 15.2. The molecule has 10 heteroatoms. The van der Waals surface area contributed by atoms with E-state index in [-0.39, 0.29) is 47.6 Å². The van der Waals surface area contributed by atoms with Crippen molar-refractivity contribution >= 4 is 15.9 Å². The molecule has 0 spiro atoms. The van der Waals surface area contributed by atoms with Gasteiger partial charge in [-0.05, 0) is 52.4 Å². The van der Waals surface area contributed by atoms with Crippen LogP contribution < -0.4 is 4.74 Å². The Balaban J connectivity index is 1.23. The number of amides is 1.